The van der Waals surface area contributed by atoms with Crippen molar-refractivity contribution in [3.63, 3.8) is 0 Å². The van der Waals surface area contributed by atoms with Crippen LogP contribution in [0, 0.1) is 10.1 Å². The van der Waals surface area contributed by atoms with Crippen LogP contribution in [0.2, 0.25) is 0 Å². The number of hydrogen-bond donors (Lipinski definition) is 2. The Balaban J connectivity index is 1.59. The fourth-order valence-corrected chi connectivity index (χ4v) is 3.12. The summed E-state index contributed by atoms with van der Waals surface area (Å²) in [5.74, 6) is 0.185. The Bertz CT molecular complexity index is 1340. The zero-order valence-electron chi connectivity index (χ0n) is 17.8. The number of non-ortho nitro benzene ring substituents is 1. The van der Waals surface area contributed by atoms with E-state index in [4.69, 9.17) is 8.83 Å². The van der Waals surface area contributed by atoms with Crippen molar-refractivity contribution in [2.24, 2.45) is 0 Å². The predicted octanol–water partition coefficient (Wildman–Crippen LogP) is 4.54. The van der Waals surface area contributed by atoms with E-state index < -0.39 is 16.7 Å². The Hall–Kier alpha value is -4.92. The molecule has 2 aromatic carbocycles. The van der Waals surface area contributed by atoms with Gasteiger partial charge in [-0.1, -0.05) is 30.3 Å². The van der Waals surface area contributed by atoms with Gasteiger partial charge in [0.25, 0.3) is 17.5 Å². The van der Waals surface area contributed by atoms with Gasteiger partial charge in [0.05, 0.1) is 17.7 Å². The van der Waals surface area contributed by atoms with Crippen LogP contribution in [0.25, 0.3) is 17.4 Å². The van der Waals surface area contributed by atoms with Gasteiger partial charge in [-0.05, 0) is 36.4 Å². The third-order valence-electron chi connectivity index (χ3n) is 4.79. The molecule has 0 saturated heterocycles. The third-order valence-corrected chi connectivity index (χ3v) is 4.79. The molecule has 170 valence electrons. The number of rotatable bonds is 8. The molecule has 0 fully saturated rings. The summed E-state index contributed by atoms with van der Waals surface area (Å²) < 4.78 is 11.0. The summed E-state index contributed by atoms with van der Waals surface area (Å²) in [6, 6.07) is 21.1. The van der Waals surface area contributed by atoms with Crippen molar-refractivity contribution in [2.45, 2.75) is 6.54 Å². The van der Waals surface area contributed by atoms with E-state index in [-0.39, 0.29) is 23.7 Å². The van der Waals surface area contributed by atoms with Crippen molar-refractivity contribution in [1.29, 1.82) is 0 Å². The van der Waals surface area contributed by atoms with Gasteiger partial charge in [0, 0.05) is 29.3 Å². The van der Waals surface area contributed by atoms with Crippen LogP contribution >= 0.6 is 0 Å². The highest BCUT2D eigenvalue weighted by atomic mass is 16.6. The molecular weight excluding hydrogens is 438 g/mol. The van der Waals surface area contributed by atoms with E-state index in [1.54, 1.807) is 66.7 Å². The van der Waals surface area contributed by atoms with Crippen molar-refractivity contribution in [3.05, 3.63) is 118 Å². The molecule has 0 unspecified atom stereocenters. The van der Waals surface area contributed by atoms with Gasteiger partial charge >= 0.3 is 0 Å². The maximum absolute atomic E-state index is 12.9. The van der Waals surface area contributed by atoms with Gasteiger partial charge in [0.2, 0.25) is 0 Å². The van der Waals surface area contributed by atoms with Crippen LogP contribution in [0.15, 0.2) is 99.7 Å². The second-order valence-electron chi connectivity index (χ2n) is 7.15. The number of benzene rings is 2. The molecular formula is C25H19N3O6. The van der Waals surface area contributed by atoms with Crippen LogP contribution in [0.1, 0.15) is 21.9 Å². The molecule has 9 heteroatoms. The largest absolute Gasteiger partial charge is 0.467 e. The second-order valence-corrected chi connectivity index (χ2v) is 7.15. The number of carbonyl (C=O) groups is 2. The lowest BCUT2D eigenvalue weighted by molar-refractivity contribution is -0.384. The van der Waals surface area contributed by atoms with E-state index in [0.29, 0.717) is 22.6 Å². The highest BCUT2D eigenvalue weighted by Crippen LogP contribution is 2.26. The molecule has 2 N–H and O–H groups in total. The van der Waals surface area contributed by atoms with Crippen LogP contribution in [0.4, 0.5) is 5.69 Å². The van der Waals surface area contributed by atoms with E-state index >= 15 is 0 Å². The molecule has 0 aliphatic rings. The smallest absolute Gasteiger partial charge is 0.270 e. The molecule has 0 aliphatic heterocycles. The Kier molecular flexibility index (Phi) is 6.64. The number of nitro groups is 1. The molecule has 0 radical (unpaired) electrons. The number of nitro benzene ring substituents is 1. The quantitative estimate of drug-likeness (QED) is 0.227. The molecule has 0 bridgehead atoms. The lowest BCUT2D eigenvalue weighted by Gasteiger charge is -2.10. The zero-order chi connectivity index (χ0) is 23.9. The molecule has 2 aromatic heterocycles. The van der Waals surface area contributed by atoms with Crippen LogP contribution < -0.4 is 10.6 Å². The molecule has 9 nitrogen and oxygen atoms in total. The van der Waals surface area contributed by atoms with Crippen molar-refractivity contribution < 1.29 is 23.3 Å². The molecule has 0 saturated carbocycles. The standard InChI is InChI=1S/C25H19N3O6/c29-24(17-6-2-1-3-7-17)27-22(25(30)26-16-21-10-5-13-33-21)15-20-11-12-23(34-20)18-8-4-9-19(14-18)28(31)32/h1-15H,16H2,(H,26,30)(H,27,29)/b22-15+. The first-order valence-electron chi connectivity index (χ1n) is 10.2. The lowest BCUT2D eigenvalue weighted by Crippen LogP contribution is -2.34. The number of furan rings is 2. The molecule has 4 aromatic rings. The lowest BCUT2D eigenvalue weighted by atomic mass is 10.1. The van der Waals surface area contributed by atoms with Gasteiger partial charge in [-0.2, -0.15) is 0 Å². The summed E-state index contributed by atoms with van der Waals surface area (Å²) in [5.41, 5.74) is 0.773. The number of nitrogens with one attached hydrogen (secondary N) is 2. The van der Waals surface area contributed by atoms with E-state index in [1.165, 1.54) is 24.5 Å². The minimum atomic E-state index is -0.547. The molecule has 0 atom stereocenters. The first kappa shape index (κ1) is 22.3. The number of nitrogens with zero attached hydrogens (tertiary/aromatic N) is 1. The van der Waals surface area contributed by atoms with Crippen molar-refractivity contribution >= 4 is 23.6 Å². The number of hydrogen-bond acceptors (Lipinski definition) is 6. The Morgan fingerprint density at radius 1 is 0.971 bits per heavy atom. The average Bonchev–Trinajstić information content (AvgIpc) is 3.55. The molecule has 34 heavy (non-hydrogen) atoms. The summed E-state index contributed by atoms with van der Waals surface area (Å²) >= 11 is 0. The van der Waals surface area contributed by atoms with Crippen LogP contribution in [0.5, 0.6) is 0 Å². The van der Waals surface area contributed by atoms with E-state index in [0.717, 1.165) is 0 Å². The van der Waals surface area contributed by atoms with Gasteiger partial charge in [0.15, 0.2) is 0 Å². The Labute approximate surface area is 193 Å². The number of amides is 2. The van der Waals surface area contributed by atoms with Crippen molar-refractivity contribution in [1.82, 2.24) is 10.6 Å². The maximum Gasteiger partial charge on any atom is 0.270 e. The van der Waals surface area contributed by atoms with Crippen LogP contribution in [-0.2, 0) is 11.3 Å². The monoisotopic (exact) mass is 457 g/mol. The zero-order valence-corrected chi connectivity index (χ0v) is 17.8. The summed E-state index contributed by atoms with van der Waals surface area (Å²) in [4.78, 5) is 36.1. The highest BCUT2D eigenvalue weighted by molar-refractivity contribution is 6.05. The summed E-state index contributed by atoms with van der Waals surface area (Å²) in [6.45, 7) is 0.126. The SMILES string of the molecule is O=C(NCc1ccco1)/C(=C\c1ccc(-c2cccc([N+](=O)[O-])c2)o1)NC(=O)c1ccccc1. The van der Waals surface area contributed by atoms with Gasteiger partial charge in [0.1, 0.15) is 23.0 Å². The first-order valence-corrected chi connectivity index (χ1v) is 10.2. The molecule has 2 heterocycles. The van der Waals surface area contributed by atoms with Crippen LogP contribution in [-0.4, -0.2) is 16.7 Å². The maximum atomic E-state index is 12.9. The Morgan fingerprint density at radius 3 is 2.53 bits per heavy atom. The van der Waals surface area contributed by atoms with Gasteiger partial charge < -0.3 is 19.5 Å². The van der Waals surface area contributed by atoms with E-state index in [9.17, 15) is 19.7 Å². The number of carbonyl (C=O) groups excluding carboxylic acids is 2. The fourth-order valence-electron chi connectivity index (χ4n) is 3.12. The van der Waals surface area contributed by atoms with E-state index in [2.05, 4.69) is 10.6 Å². The topological polar surface area (TPSA) is 128 Å². The van der Waals surface area contributed by atoms with Crippen molar-refractivity contribution in [3.8, 4) is 11.3 Å². The summed E-state index contributed by atoms with van der Waals surface area (Å²) in [7, 11) is 0. The molecule has 0 spiro atoms. The summed E-state index contributed by atoms with van der Waals surface area (Å²) in [5, 5.41) is 16.4. The van der Waals surface area contributed by atoms with Gasteiger partial charge in [-0.15, -0.1) is 0 Å². The van der Waals surface area contributed by atoms with E-state index in [1.807, 2.05) is 0 Å². The minimum Gasteiger partial charge on any atom is -0.467 e. The summed E-state index contributed by atoms with van der Waals surface area (Å²) in [6.07, 6.45) is 2.88. The highest BCUT2D eigenvalue weighted by Gasteiger charge is 2.16. The van der Waals surface area contributed by atoms with Gasteiger partial charge in [-0.3, -0.25) is 19.7 Å². The van der Waals surface area contributed by atoms with Gasteiger partial charge in [-0.25, -0.2) is 0 Å². The molecule has 4 rings (SSSR count). The Morgan fingerprint density at radius 2 is 1.79 bits per heavy atom. The first-order chi connectivity index (χ1) is 16.5. The van der Waals surface area contributed by atoms with Crippen LogP contribution in [0.3, 0.4) is 0 Å². The fraction of sp³-hybridized carbons (Fsp3) is 0.0400. The normalized spacial score (nSPS) is 11.1. The predicted molar refractivity (Wildman–Crippen MR) is 123 cm³/mol. The average molecular weight is 457 g/mol. The minimum absolute atomic E-state index is 0.0413. The molecule has 0 aliphatic carbocycles. The second kappa shape index (κ2) is 10.1. The molecule has 2 amide bonds. The van der Waals surface area contributed by atoms with Crippen molar-refractivity contribution in [2.75, 3.05) is 0 Å². The third kappa shape index (κ3) is 5.46.